The van der Waals surface area contributed by atoms with E-state index in [1.54, 1.807) is 0 Å². The molecule has 4 nitrogen and oxygen atoms in total. The van der Waals surface area contributed by atoms with Crippen molar-refractivity contribution < 1.29 is 9.47 Å². The number of allylic oxidation sites excluding steroid dienone is 1. The normalized spacial score (nSPS) is 14.0. The smallest absolute Gasteiger partial charge is 0.162 e. The van der Waals surface area contributed by atoms with Gasteiger partial charge in [0.15, 0.2) is 6.29 Å². The van der Waals surface area contributed by atoms with E-state index in [4.69, 9.17) is 9.47 Å². The zero-order valence-corrected chi connectivity index (χ0v) is 21.3. The third-order valence-corrected chi connectivity index (χ3v) is 6.35. The second-order valence-electron chi connectivity index (χ2n) is 8.83. The monoisotopic (exact) mass is 478 g/mol. The lowest BCUT2D eigenvalue weighted by Crippen LogP contribution is -2.25. The highest BCUT2D eigenvalue weighted by molar-refractivity contribution is 6.10. The standard InChI is InChI=1S/C16H20N2O2.C15H15B/c1-2-13(16-19-8-9-20-16)11-18-12-17-10-15(18)14-6-4-3-5-7-14;16-12-11-15(13-7-3-1-4-8-13)14-9-5-2-6-10-14/h3-7,10,12-13,16H,2,8-9,11H2,1H3;1-11H,12,16H2. The molecular weight excluding hydrogens is 443 g/mol. The molecule has 1 aliphatic rings. The molecule has 0 aliphatic carbocycles. The van der Waals surface area contributed by atoms with Crippen molar-refractivity contribution in [3.8, 4) is 11.3 Å². The largest absolute Gasteiger partial charge is 0.350 e. The highest BCUT2D eigenvalue weighted by atomic mass is 16.7. The Bertz CT molecular complexity index is 1150. The number of ether oxygens (including phenoxy) is 2. The maximum atomic E-state index is 5.64. The number of benzene rings is 3. The maximum Gasteiger partial charge on any atom is 0.162 e. The quantitative estimate of drug-likeness (QED) is 0.287. The molecular formula is C31H35BN2O2. The molecule has 2 heterocycles. The van der Waals surface area contributed by atoms with Crippen LogP contribution in [0.2, 0.25) is 6.32 Å². The van der Waals surface area contributed by atoms with E-state index < -0.39 is 0 Å². The zero-order valence-electron chi connectivity index (χ0n) is 21.3. The molecule has 3 aromatic carbocycles. The van der Waals surface area contributed by atoms with Gasteiger partial charge in [-0.15, -0.1) is 0 Å². The number of hydrogen-bond donors (Lipinski definition) is 0. The Kier molecular flexibility index (Phi) is 9.72. The van der Waals surface area contributed by atoms with Crippen molar-refractivity contribution in [2.45, 2.75) is 32.5 Å². The summed E-state index contributed by atoms with van der Waals surface area (Å²) in [5, 5.41) is 0. The molecule has 1 saturated heterocycles. The first kappa shape index (κ1) is 25.7. The van der Waals surface area contributed by atoms with Gasteiger partial charge in [0, 0.05) is 12.5 Å². The second-order valence-corrected chi connectivity index (χ2v) is 8.83. The topological polar surface area (TPSA) is 36.3 Å². The molecule has 36 heavy (non-hydrogen) atoms. The average molecular weight is 478 g/mol. The molecule has 0 bridgehead atoms. The number of hydrogen-bond acceptors (Lipinski definition) is 3. The van der Waals surface area contributed by atoms with Crippen LogP contribution >= 0.6 is 0 Å². The predicted molar refractivity (Wildman–Crippen MR) is 150 cm³/mol. The van der Waals surface area contributed by atoms with Crippen molar-refractivity contribution in [3.63, 3.8) is 0 Å². The van der Waals surface area contributed by atoms with Gasteiger partial charge in [0.1, 0.15) is 7.85 Å². The lowest BCUT2D eigenvalue weighted by atomic mass is 9.93. The van der Waals surface area contributed by atoms with E-state index in [1.807, 2.05) is 30.7 Å². The van der Waals surface area contributed by atoms with E-state index in [2.05, 4.69) is 103 Å². The molecule has 0 saturated carbocycles. The Hall–Kier alpha value is -3.41. The summed E-state index contributed by atoms with van der Waals surface area (Å²) in [4.78, 5) is 4.29. The van der Waals surface area contributed by atoms with Gasteiger partial charge in [0.05, 0.1) is 31.4 Å². The van der Waals surface area contributed by atoms with Crippen LogP contribution in [0.1, 0.15) is 24.5 Å². The Labute approximate surface area is 216 Å². The Morgan fingerprint density at radius 2 is 1.47 bits per heavy atom. The molecule has 0 radical (unpaired) electrons. The second kappa shape index (κ2) is 13.6. The summed E-state index contributed by atoms with van der Waals surface area (Å²) >= 11 is 0. The number of rotatable bonds is 8. The first-order valence-corrected chi connectivity index (χ1v) is 12.9. The molecule has 0 spiro atoms. The fourth-order valence-electron chi connectivity index (χ4n) is 4.47. The summed E-state index contributed by atoms with van der Waals surface area (Å²) in [5.41, 5.74) is 6.23. The molecule has 1 aromatic heterocycles. The first-order chi connectivity index (χ1) is 17.8. The number of aromatic nitrogens is 2. The van der Waals surface area contributed by atoms with Gasteiger partial charge in [-0.05, 0) is 28.7 Å². The van der Waals surface area contributed by atoms with Gasteiger partial charge in [-0.25, -0.2) is 4.98 Å². The molecule has 4 aromatic rings. The highest BCUT2D eigenvalue weighted by Gasteiger charge is 2.26. The Morgan fingerprint density at radius 3 is 2.00 bits per heavy atom. The Balaban J connectivity index is 0.000000174. The summed E-state index contributed by atoms with van der Waals surface area (Å²) in [6.07, 6.45) is 8.09. The lowest BCUT2D eigenvalue weighted by molar-refractivity contribution is -0.0883. The minimum absolute atomic E-state index is 0.0778. The van der Waals surface area contributed by atoms with E-state index in [0.717, 1.165) is 25.0 Å². The van der Waals surface area contributed by atoms with Crippen LogP contribution in [0.25, 0.3) is 16.8 Å². The van der Waals surface area contributed by atoms with Crippen molar-refractivity contribution in [1.29, 1.82) is 0 Å². The fourth-order valence-corrected chi connectivity index (χ4v) is 4.47. The van der Waals surface area contributed by atoms with Gasteiger partial charge in [-0.3, -0.25) is 0 Å². The fraction of sp³-hybridized carbons (Fsp3) is 0.258. The molecule has 0 amide bonds. The predicted octanol–water partition coefficient (Wildman–Crippen LogP) is 6.12. The van der Waals surface area contributed by atoms with Crippen LogP contribution in [0, 0.1) is 5.92 Å². The van der Waals surface area contributed by atoms with Gasteiger partial charge in [0.2, 0.25) is 0 Å². The van der Waals surface area contributed by atoms with E-state index >= 15 is 0 Å². The van der Waals surface area contributed by atoms with Crippen LogP contribution in [0.15, 0.2) is 110 Å². The average Bonchev–Trinajstić information content (AvgIpc) is 3.65. The summed E-state index contributed by atoms with van der Waals surface area (Å²) in [6.45, 7) is 4.45. The molecule has 1 atom stereocenters. The van der Waals surface area contributed by atoms with Gasteiger partial charge >= 0.3 is 0 Å². The van der Waals surface area contributed by atoms with Gasteiger partial charge in [0.25, 0.3) is 0 Å². The van der Waals surface area contributed by atoms with Crippen molar-refractivity contribution >= 4 is 13.4 Å². The Morgan fingerprint density at radius 1 is 0.917 bits per heavy atom. The van der Waals surface area contributed by atoms with Crippen molar-refractivity contribution in [1.82, 2.24) is 9.55 Å². The van der Waals surface area contributed by atoms with Crippen LogP contribution in [-0.4, -0.2) is 36.9 Å². The number of imidazole rings is 1. The highest BCUT2D eigenvalue weighted by Crippen LogP contribution is 2.25. The SMILES string of the molecule is BCC=C(c1ccccc1)c1ccccc1.CCC(Cn1cncc1-c1ccccc1)C1OCCO1. The zero-order chi connectivity index (χ0) is 25.0. The minimum Gasteiger partial charge on any atom is -0.350 e. The maximum absolute atomic E-state index is 5.64. The molecule has 184 valence electrons. The van der Waals surface area contributed by atoms with Gasteiger partial charge in [-0.2, -0.15) is 0 Å². The molecule has 1 aliphatic heterocycles. The van der Waals surface area contributed by atoms with E-state index in [1.165, 1.54) is 22.3 Å². The van der Waals surface area contributed by atoms with Crippen LogP contribution < -0.4 is 0 Å². The third-order valence-electron chi connectivity index (χ3n) is 6.35. The van der Waals surface area contributed by atoms with Gasteiger partial charge in [-0.1, -0.05) is 110 Å². The van der Waals surface area contributed by atoms with Crippen molar-refractivity contribution in [2.75, 3.05) is 13.2 Å². The van der Waals surface area contributed by atoms with E-state index in [-0.39, 0.29) is 6.29 Å². The van der Waals surface area contributed by atoms with Crippen LogP contribution in [0.3, 0.4) is 0 Å². The van der Waals surface area contributed by atoms with E-state index in [9.17, 15) is 0 Å². The molecule has 1 fully saturated rings. The summed E-state index contributed by atoms with van der Waals surface area (Å²) in [6, 6.07) is 31.4. The van der Waals surface area contributed by atoms with Gasteiger partial charge < -0.3 is 14.0 Å². The lowest BCUT2D eigenvalue weighted by Gasteiger charge is -2.22. The van der Waals surface area contributed by atoms with E-state index in [0.29, 0.717) is 19.1 Å². The van der Waals surface area contributed by atoms with Crippen LogP contribution in [0.4, 0.5) is 0 Å². The molecule has 1 unspecified atom stereocenters. The summed E-state index contributed by atoms with van der Waals surface area (Å²) in [7, 11) is 2.17. The van der Waals surface area contributed by atoms with Crippen LogP contribution in [0.5, 0.6) is 0 Å². The summed E-state index contributed by atoms with van der Waals surface area (Å²) in [5.74, 6) is 0.356. The summed E-state index contributed by atoms with van der Waals surface area (Å²) < 4.78 is 13.5. The molecule has 5 rings (SSSR count). The number of nitrogens with zero attached hydrogens (tertiary/aromatic N) is 2. The van der Waals surface area contributed by atoms with Crippen molar-refractivity contribution in [3.05, 3.63) is 121 Å². The van der Waals surface area contributed by atoms with Crippen molar-refractivity contribution in [2.24, 2.45) is 5.92 Å². The molecule has 0 N–H and O–H groups in total. The first-order valence-electron chi connectivity index (χ1n) is 12.9. The van der Waals surface area contributed by atoms with Crippen LogP contribution in [-0.2, 0) is 16.0 Å². The third kappa shape index (κ3) is 6.84. The molecule has 5 heteroatoms. The minimum atomic E-state index is -0.0778.